The second-order valence-corrected chi connectivity index (χ2v) is 10.9. The van der Waals surface area contributed by atoms with Crippen LogP contribution in [0.2, 0.25) is 0 Å². The molecule has 0 spiro atoms. The summed E-state index contributed by atoms with van der Waals surface area (Å²) in [6.45, 7) is -0.342. The molecular formula is C27H37N9O7. The highest BCUT2D eigenvalue weighted by Crippen LogP contribution is 2.51. The Morgan fingerprint density at radius 2 is 1.58 bits per heavy atom. The molecule has 6 atom stereocenters. The van der Waals surface area contributed by atoms with Crippen LogP contribution in [0.25, 0.3) is 0 Å². The van der Waals surface area contributed by atoms with E-state index in [1.807, 2.05) is 0 Å². The summed E-state index contributed by atoms with van der Waals surface area (Å²) in [5, 5.41) is 23.3. The highest BCUT2D eigenvalue weighted by atomic mass is 16.4. The van der Waals surface area contributed by atoms with Crippen LogP contribution in [0.4, 0.5) is 0 Å². The third kappa shape index (κ3) is 5.75. The number of nitrogens with zero attached hydrogens (tertiary/aromatic N) is 1. The first-order valence-electron chi connectivity index (χ1n) is 14.0. The minimum atomic E-state index is -2.01. The monoisotopic (exact) mass is 599 g/mol. The Morgan fingerprint density at radius 1 is 0.907 bits per heavy atom. The van der Waals surface area contributed by atoms with Crippen molar-refractivity contribution in [2.24, 2.45) is 27.6 Å². The number of ketones is 1. The van der Waals surface area contributed by atoms with E-state index >= 15 is 0 Å². The third-order valence-electron chi connectivity index (χ3n) is 8.35. The molecule has 12 N–H and O–H groups in total. The maximum Gasteiger partial charge on any atom is 0.305 e. The second-order valence-electron chi connectivity index (χ2n) is 10.9. The van der Waals surface area contributed by atoms with Gasteiger partial charge in [0.2, 0.25) is 23.6 Å². The van der Waals surface area contributed by atoms with Crippen molar-refractivity contribution in [2.45, 2.75) is 61.8 Å². The molecule has 0 aliphatic carbocycles. The van der Waals surface area contributed by atoms with Crippen LogP contribution in [0.3, 0.4) is 0 Å². The molecule has 43 heavy (non-hydrogen) atoms. The molecule has 3 fully saturated rings. The number of hydrogen-bond donors (Lipinski definition) is 9. The Morgan fingerprint density at radius 3 is 2.23 bits per heavy atom. The number of nitrogens with two attached hydrogens (primary N) is 3. The van der Waals surface area contributed by atoms with Crippen LogP contribution in [-0.4, -0.2) is 90.2 Å². The van der Waals surface area contributed by atoms with Crippen LogP contribution in [0, 0.1) is 5.41 Å². The first-order valence-corrected chi connectivity index (χ1v) is 14.0. The standard InChI is InChI=1S/C27H37N9O7/c28-10-5-4-8-15-21(40)34-19-23(42)32-13-17(37)26(19,9-11-31-25(29)30)27(14-6-2-1-3-7-14)20(24(43)33-15)35-22(41)16(36-27)12-18(38)39/h1-3,6-7,15-16,19-20,36H,4-5,8-13,28H2,(H,32,42)(H,33,43)(H,34,40)(H,35,41)(H,38,39)(H4,29,30,31)/t15?,16?,19-,20?,26?,27-/m1/s1. The highest BCUT2D eigenvalue weighted by Gasteiger charge is 2.71. The van der Waals surface area contributed by atoms with E-state index in [2.05, 4.69) is 31.6 Å². The minimum absolute atomic E-state index is 0.159. The maximum absolute atomic E-state index is 14.4. The molecule has 0 bridgehead atoms. The molecule has 4 unspecified atom stereocenters. The largest absolute Gasteiger partial charge is 0.481 e. The molecule has 0 radical (unpaired) electrons. The van der Waals surface area contributed by atoms with Crippen molar-refractivity contribution in [3.05, 3.63) is 35.9 Å². The molecule has 4 rings (SSSR count). The summed E-state index contributed by atoms with van der Waals surface area (Å²) in [7, 11) is 0. The number of carbonyl (C=O) groups excluding carboxylic acids is 5. The predicted molar refractivity (Wildman–Crippen MR) is 152 cm³/mol. The quantitative estimate of drug-likeness (QED) is 0.0716. The number of aliphatic carboxylic acids is 1. The summed E-state index contributed by atoms with van der Waals surface area (Å²) in [5.41, 5.74) is 13.1. The number of carboxylic acid groups (broad SMARTS) is 1. The number of unbranched alkanes of at least 4 members (excludes halogenated alkanes) is 1. The van der Waals surface area contributed by atoms with E-state index in [-0.39, 0.29) is 25.3 Å². The fourth-order valence-electron chi connectivity index (χ4n) is 6.50. The number of guanidine groups is 1. The van der Waals surface area contributed by atoms with Gasteiger partial charge < -0.3 is 43.6 Å². The first-order chi connectivity index (χ1) is 20.5. The summed E-state index contributed by atoms with van der Waals surface area (Å²) in [4.78, 5) is 85.3. The fraction of sp³-hybridized carbons (Fsp3) is 0.519. The number of piperazine rings is 1. The highest BCUT2D eigenvalue weighted by molar-refractivity contribution is 6.07. The summed E-state index contributed by atoms with van der Waals surface area (Å²) in [5.74, 6) is -5.28. The molecule has 0 aromatic heterocycles. The van der Waals surface area contributed by atoms with Crippen LogP contribution in [0.1, 0.15) is 37.7 Å². The number of carboxylic acids is 1. The molecule has 3 heterocycles. The number of benzene rings is 1. The van der Waals surface area contributed by atoms with Crippen LogP contribution in [0.15, 0.2) is 35.3 Å². The number of fused-ring (bicyclic) bond motifs is 3. The molecule has 3 aliphatic heterocycles. The van der Waals surface area contributed by atoms with E-state index in [0.717, 1.165) is 0 Å². The van der Waals surface area contributed by atoms with Gasteiger partial charge in [-0.3, -0.25) is 39.1 Å². The van der Waals surface area contributed by atoms with E-state index in [1.54, 1.807) is 30.3 Å². The van der Waals surface area contributed by atoms with Gasteiger partial charge >= 0.3 is 5.97 Å². The maximum atomic E-state index is 14.4. The minimum Gasteiger partial charge on any atom is -0.481 e. The number of amides is 4. The molecule has 3 saturated heterocycles. The van der Waals surface area contributed by atoms with Gasteiger partial charge in [0.1, 0.15) is 18.1 Å². The van der Waals surface area contributed by atoms with Gasteiger partial charge in [-0.2, -0.15) is 0 Å². The van der Waals surface area contributed by atoms with Crippen molar-refractivity contribution in [3.8, 4) is 0 Å². The number of aliphatic imine (C=N–C) groups is 1. The lowest BCUT2D eigenvalue weighted by atomic mass is 9.52. The van der Waals surface area contributed by atoms with Crippen molar-refractivity contribution < 1.29 is 33.9 Å². The molecule has 0 saturated carbocycles. The molecule has 3 aliphatic rings. The number of hydrogen-bond acceptors (Lipinski definition) is 9. The molecule has 1 aromatic rings. The Bertz CT molecular complexity index is 1320. The van der Waals surface area contributed by atoms with Crippen molar-refractivity contribution in [3.63, 3.8) is 0 Å². The van der Waals surface area contributed by atoms with E-state index in [9.17, 15) is 33.9 Å². The zero-order chi connectivity index (χ0) is 31.4. The number of piperidine rings is 1. The van der Waals surface area contributed by atoms with Gasteiger partial charge in [-0.1, -0.05) is 30.3 Å². The molecular weight excluding hydrogens is 562 g/mol. The van der Waals surface area contributed by atoms with Crippen LogP contribution >= 0.6 is 0 Å². The lowest BCUT2D eigenvalue weighted by Crippen LogP contribution is -2.83. The van der Waals surface area contributed by atoms with Gasteiger partial charge in [0, 0.05) is 6.54 Å². The SMILES string of the molecule is NCCCCC1NC(=O)C2NC(=O)C(CC(=O)O)N[C@@]2(c2ccccc2)C2(CCN=C(N)N)C(=O)CNC(=O)[C@H]2NC1=O. The molecule has 16 heteroatoms. The van der Waals surface area contributed by atoms with E-state index < -0.39 is 83.5 Å². The van der Waals surface area contributed by atoms with Crippen LogP contribution < -0.4 is 43.8 Å². The van der Waals surface area contributed by atoms with Gasteiger partial charge in [0.25, 0.3) is 0 Å². The van der Waals surface area contributed by atoms with Crippen molar-refractivity contribution in [1.82, 2.24) is 26.6 Å². The fourth-order valence-corrected chi connectivity index (χ4v) is 6.50. The van der Waals surface area contributed by atoms with Gasteiger partial charge in [0.15, 0.2) is 11.7 Å². The van der Waals surface area contributed by atoms with Gasteiger partial charge in [-0.25, -0.2) is 0 Å². The lowest BCUT2D eigenvalue weighted by Gasteiger charge is -2.59. The number of nitrogens with one attached hydrogen (secondary N) is 5. The van der Waals surface area contributed by atoms with Crippen LogP contribution in [-0.2, 0) is 34.3 Å². The topological polar surface area (TPSA) is 273 Å². The summed E-state index contributed by atoms with van der Waals surface area (Å²) >= 11 is 0. The lowest BCUT2D eigenvalue weighted by molar-refractivity contribution is -0.161. The zero-order valence-corrected chi connectivity index (χ0v) is 23.4. The van der Waals surface area contributed by atoms with E-state index in [4.69, 9.17) is 17.2 Å². The molecule has 1 aromatic carbocycles. The van der Waals surface area contributed by atoms with Gasteiger partial charge in [-0.05, 0) is 37.8 Å². The van der Waals surface area contributed by atoms with E-state index in [1.165, 1.54) is 0 Å². The summed E-state index contributed by atoms with van der Waals surface area (Å²) in [6, 6.07) is 2.41. The molecule has 16 nitrogen and oxygen atoms in total. The normalized spacial score (nSPS) is 30.6. The van der Waals surface area contributed by atoms with Crippen LogP contribution in [0.5, 0.6) is 0 Å². The Labute approximate surface area is 247 Å². The Kier molecular flexibility index (Phi) is 9.30. The van der Waals surface area contributed by atoms with Crippen molar-refractivity contribution in [2.75, 3.05) is 19.6 Å². The number of rotatable bonds is 10. The Balaban J connectivity index is 2.06. The smallest absolute Gasteiger partial charge is 0.305 e. The number of carbonyl (C=O) groups is 6. The molecule has 232 valence electrons. The first kappa shape index (κ1) is 31.4. The number of Topliss-reactive ketones (excluding diaryl/α,β-unsaturated/α-hetero) is 1. The van der Waals surface area contributed by atoms with Gasteiger partial charge in [0.05, 0.1) is 30.0 Å². The average molecular weight is 600 g/mol. The van der Waals surface area contributed by atoms with Crippen molar-refractivity contribution >= 4 is 41.3 Å². The van der Waals surface area contributed by atoms with E-state index in [0.29, 0.717) is 24.9 Å². The van der Waals surface area contributed by atoms with Crippen molar-refractivity contribution in [1.29, 1.82) is 0 Å². The van der Waals surface area contributed by atoms with Gasteiger partial charge in [-0.15, -0.1) is 0 Å². The third-order valence-corrected chi connectivity index (χ3v) is 8.35. The predicted octanol–water partition coefficient (Wildman–Crippen LogP) is -3.73. The second kappa shape index (κ2) is 12.7. The Hall–Kier alpha value is -4.57. The average Bonchev–Trinajstić information content (AvgIpc) is 2.99. The summed E-state index contributed by atoms with van der Waals surface area (Å²) < 4.78 is 0. The zero-order valence-electron chi connectivity index (χ0n) is 23.4. The summed E-state index contributed by atoms with van der Waals surface area (Å²) in [6.07, 6.45) is 0.183. The molecule has 4 amide bonds.